The van der Waals surface area contributed by atoms with E-state index in [-0.39, 0.29) is 11.4 Å². The molecule has 128 valence electrons. The lowest BCUT2D eigenvalue weighted by molar-refractivity contribution is 0.0383. The first-order valence-corrected chi connectivity index (χ1v) is 8.06. The highest BCUT2D eigenvalue weighted by Crippen LogP contribution is 2.13. The Morgan fingerprint density at radius 1 is 1.30 bits per heavy atom. The van der Waals surface area contributed by atoms with Crippen molar-refractivity contribution in [1.82, 2.24) is 20.2 Å². The van der Waals surface area contributed by atoms with Crippen LogP contribution < -0.4 is 10.6 Å². The molecule has 0 aliphatic carbocycles. The molecule has 0 spiro atoms. The molecular formula is C16H27N5O2. The van der Waals surface area contributed by atoms with Crippen LogP contribution in [0, 0.1) is 6.92 Å². The van der Waals surface area contributed by atoms with Gasteiger partial charge < -0.3 is 15.4 Å². The smallest absolute Gasteiger partial charge is 0.270 e. The van der Waals surface area contributed by atoms with E-state index in [2.05, 4.69) is 25.5 Å². The van der Waals surface area contributed by atoms with Crippen LogP contribution in [0.3, 0.4) is 0 Å². The highest BCUT2D eigenvalue weighted by Gasteiger charge is 2.15. The van der Waals surface area contributed by atoms with Crippen LogP contribution >= 0.6 is 0 Å². The Hall–Kier alpha value is -1.73. The Balaban J connectivity index is 1.90. The van der Waals surface area contributed by atoms with Gasteiger partial charge in [-0.2, -0.15) is 0 Å². The quantitative estimate of drug-likeness (QED) is 0.844. The number of ether oxygens (including phenoxy) is 1. The first-order valence-electron chi connectivity index (χ1n) is 8.06. The predicted molar refractivity (Wildman–Crippen MR) is 89.7 cm³/mol. The topological polar surface area (TPSA) is 79.4 Å². The minimum absolute atomic E-state index is 0.120. The lowest BCUT2D eigenvalue weighted by Gasteiger charge is -2.26. The Bertz CT molecular complexity index is 536. The minimum Gasteiger partial charge on any atom is -0.379 e. The van der Waals surface area contributed by atoms with Gasteiger partial charge in [-0.3, -0.25) is 9.69 Å². The van der Waals surface area contributed by atoms with Gasteiger partial charge in [0.1, 0.15) is 17.3 Å². The highest BCUT2D eigenvalue weighted by molar-refractivity contribution is 5.92. The third kappa shape index (κ3) is 6.11. The standard InChI is InChI=1S/C16H27N5O2/c1-12-18-13(11-14(19-12)20-16(2,3)4)15(22)17-5-6-21-7-9-23-10-8-21/h11H,5-10H2,1-4H3,(H,17,22)(H,18,19,20). The first kappa shape index (κ1) is 17.6. The van der Waals surface area contributed by atoms with E-state index in [4.69, 9.17) is 4.74 Å². The van der Waals surface area contributed by atoms with E-state index in [0.717, 1.165) is 32.8 Å². The van der Waals surface area contributed by atoms with Gasteiger partial charge in [-0.15, -0.1) is 0 Å². The second-order valence-electron chi connectivity index (χ2n) is 6.77. The second kappa shape index (κ2) is 7.70. The van der Waals surface area contributed by atoms with E-state index in [0.29, 0.717) is 23.9 Å². The number of rotatable bonds is 5. The van der Waals surface area contributed by atoms with Crippen molar-refractivity contribution in [3.05, 3.63) is 17.6 Å². The summed E-state index contributed by atoms with van der Waals surface area (Å²) in [6.45, 7) is 12.7. The van der Waals surface area contributed by atoms with E-state index >= 15 is 0 Å². The molecule has 1 fully saturated rings. The van der Waals surface area contributed by atoms with Gasteiger partial charge in [0.15, 0.2) is 0 Å². The van der Waals surface area contributed by atoms with E-state index in [9.17, 15) is 4.79 Å². The van der Waals surface area contributed by atoms with Crippen molar-refractivity contribution in [2.75, 3.05) is 44.7 Å². The molecule has 2 N–H and O–H groups in total. The number of nitrogens with one attached hydrogen (secondary N) is 2. The molecular weight excluding hydrogens is 294 g/mol. The maximum absolute atomic E-state index is 12.3. The molecule has 0 atom stereocenters. The van der Waals surface area contributed by atoms with Crippen molar-refractivity contribution in [2.24, 2.45) is 0 Å². The SMILES string of the molecule is Cc1nc(NC(C)(C)C)cc(C(=O)NCCN2CCOCC2)n1. The van der Waals surface area contributed by atoms with Gasteiger partial charge in [0.05, 0.1) is 13.2 Å². The van der Waals surface area contributed by atoms with Crippen LogP contribution in [-0.2, 0) is 4.74 Å². The van der Waals surface area contributed by atoms with E-state index < -0.39 is 0 Å². The third-order valence-electron chi connectivity index (χ3n) is 3.39. The maximum atomic E-state index is 12.3. The average Bonchev–Trinajstić information content (AvgIpc) is 2.45. The molecule has 0 bridgehead atoms. The van der Waals surface area contributed by atoms with Crippen molar-refractivity contribution >= 4 is 11.7 Å². The van der Waals surface area contributed by atoms with Crippen LogP contribution in [0.2, 0.25) is 0 Å². The van der Waals surface area contributed by atoms with Gasteiger partial charge in [0, 0.05) is 37.8 Å². The van der Waals surface area contributed by atoms with Crippen molar-refractivity contribution in [1.29, 1.82) is 0 Å². The molecule has 0 unspecified atom stereocenters. The lowest BCUT2D eigenvalue weighted by atomic mass is 10.1. The molecule has 7 nitrogen and oxygen atoms in total. The fourth-order valence-electron chi connectivity index (χ4n) is 2.38. The van der Waals surface area contributed by atoms with Gasteiger partial charge in [-0.1, -0.05) is 0 Å². The van der Waals surface area contributed by atoms with Crippen molar-refractivity contribution in [3.63, 3.8) is 0 Å². The summed E-state index contributed by atoms with van der Waals surface area (Å²) < 4.78 is 5.31. The summed E-state index contributed by atoms with van der Waals surface area (Å²) in [5.74, 6) is 1.08. The number of carbonyl (C=O) groups is 1. The number of amides is 1. The zero-order valence-corrected chi connectivity index (χ0v) is 14.5. The Kier molecular flexibility index (Phi) is 5.90. The largest absolute Gasteiger partial charge is 0.379 e. The molecule has 1 aliphatic heterocycles. The number of aryl methyl sites for hydroxylation is 1. The number of aromatic nitrogens is 2. The number of anilines is 1. The molecule has 23 heavy (non-hydrogen) atoms. The number of nitrogens with zero attached hydrogens (tertiary/aromatic N) is 3. The molecule has 1 aromatic heterocycles. The lowest BCUT2D eigenvalue weighted by Crippen LogP contribution is -2.41. The Morgan fingerprint density at radius 3 is 2.65 bits per heavy atom. The van der Waals surface area contributed by atoms with Gasteiger partial charge in [0.2, 0.25) is 0 Å². The molecule has 1 aromatic rings. The highest BCUT2D eigenvalue weighted by atomic mass is 16.5. The summed E-state index contributed by atoms with van der Waals surface area (Å²) in [6.07, 6.45) is 0. The fraction of sp³-hybridized carbons (Fsp3) is 0.688. The number of morpholine rings is 1. The average molecular weight is 321 g/mol. The minimum atomic E-state index is -0.166. The summed E-state index contributed by atoms with van der Waals surface area (Å²) in [7, 11) is 0. The van der Waals surface area contributed by atoms with E-state index in [1.165, 1.54) is 0 Å². The van der Waals surface area contributed by atoms with E-state index in [1.807, 2.05) is 20.8 Å². The molecule has 1 aliphatic rings. The fourth-order valence-corrected chi connectivity index (χ4v) is 2.38. The van der Waals surface area contributed by atoms with Crippen molar-refractivity contribution in [2.45, 2.75) is 33.2 Å². The molecule has 7 heteroatoms. The normalized spacial score (nSPS) is 16.2. The maximum Gasteiger partial charge on any atom is 0.270 e. The van der Waals surface area contributed by atoms with Gasteiger partial charge >= 0.3 is 0 Å². The summed E-state index contributed by atoms with van der Waals surface area (Å²) in [5, 5.41) is 6.20. The molecule has 0 aromatic carbocycles. The van der Waals surface area contributed by atoms with Crippen LogP contribution in [0.4, 0.5) is 5.82 Å². The number of carbonyl (C=O) groups excluding carboxylic acids is 1. The summed E-state index contributed by atoms with van der Waals surface area (Å²) in [5.41, 5.74) is 0.274. The van der Waals surface area contributed by atoms with Crippen molar-refractivity contribution < 1.29 is 9.53 Å². The molecule has 1 saturated heterocycles. The van der Waals surface area contributed by atoms with Crippen LogP contribution in [0.25, 0.3) is 0 Å². The molecule has 0 radical (unpaired) electrons. The summed E-state index contributed by atoms with van der Waals surface area (Å²) in [4.78, 5) is 23.1. The Labute approximate surface area is 137 Å². The van der Waals surface area contributed by atoms with E-state index in [1.54, 1.807) is 13.0 Å². The first-order chi connectivity index (χ1) is 10.8. The molecule has 2 rings (SSSR count). The zero-order chi connectivity index (χ0) is 16.9. The number of hydrogen-bond acceptors (Lipinski definition) is 6. The number of hydrogen-bond donors (Lipinski definition) is 2. The summed E-state index contributed by atoms with van der Waals surface area (Å²) in [6, 6.07) is 1.70. The zero-order valence-electron chi connectivity index (χ0n) is 14.5. The summed E-state index contributed by atoms with van der Waals surface area (Å²) >= 11 is 0. The predicted octanol–water partition coefficient (Wildman–Crippen LogP) is 1.06. The second-order valence-corrected chi connectivity index (χ2v) is 6.77. The van der Waals surface area contributed by atoms with Crippen LogP contribution in [-0.4, -0.2) is 65.7 Å². The van der Waals surface area contributed by atoms with Crippen LogP contribution in [0.5, 0.6) is 0 Å². The van der Waals surface area contributed by atoms with Crippen LogP contribution in [0.1, 0.15) is 37.1 Å². The Morgan fingerprint density at radius 2 is 2.00 bits per heavy atom. The van der Waals surface area contributed by atoms with Gasteiger partial charge in [-0.25, -0.2) is 9.97 Å². The van der Waals surface area contributed by atoms with Gasteiger partial charge in [0.25, 0.3) is 5.91 Å². The van der Waals surface area contributed by atoms with Gasteiger partial charge in [-0.05, 0) is 27.7 Å². The molecule has 2 heterocycles. The van der Waals surface area contributed by atoms with Crippen molar-refractivity contribution in [3.8, 4) is 0 Å². The molecule has 0 saturated carbocycles. The monoisotopic (exact) mass is 321 g/mol. The molecule has 1 amide bonds. The van der Waals surface area contributed by atoms with Crippen LogP contribution in [0.15, 0.2) is 6.07 Å². The third-order valence-corrected chi connectivity index (χ3v) is 3.39.